The van der Waals surface area contributed by atoms with Crippen LogP contribution < -0.4 is 14.9 Å². The average Bonchev–Trinajstić information content (AvgIpc) is 2.89. The molecule has 0 spiro atoms. The van der Waals surface area contributed by atoms with Gasteiger partial charge < -0.3 is 9.80 Å². The first kappa shape index (κ1) is 22.9. The van der Waals surface area contributed by atoms with Gasteiger partial charge in [-0.25, -0.2) is 28.5 Å². The Labute approximate surface area is 205 Å². The van der Waals surface area contributed by atoms with E-state index in [1.54, 1.807) is 12.1 Å². The Morgan fingerprint density at radius 1 is 0.800 bits per heavy atom. The fraction of sp³-hybridized carbons (Fsp3) is 0.192. The minimum absolute atomic E-state index is 0.0517. The summed E-state index contributed by atoms with van der Waals surface area (Å²) >= 11 is 0. The molecule has 0 bridgehead atoms. The molecule has 2 N–H and O–H groups in total. The van der Waals surface area contributed by atoms with E-state index in [1.807, 2.05) is 67.7 Å². The molecule has 1 aliphatic heterocycles. The first-order valence-electron chi connectivity index (χ1n) is 11.4. The van der Waals surface area contributed by atoms with Gasteiger partial charge in [-0.15, -0.1) is 0 Å². The van der Waals surface area contributed by atoms with E-state index in [0.717, 1.165) is 48.9 Å². The lowest BCUT2D eigenvalue weighted by molar-refractivity contribution is 0.598. The lowest BCUT2D eigenvalue weighted by atomic mass is 9.98. The van der Waals surface area contributed by atoms with Crippen LogP contribution in [0.5, 0.6) is 0 Å². The molecule has 0 unspecified atom stereocenters. The molecule has 2 aromatic heterocycles. The molecule has 35 heavy (non-hydrogen) atoms. The molecule has 0 aliphatic carbocycles. The van der Waals surface area contributed by atoms with E-state index >= 15 is 0 Å². The molecule has 0 amide bonds. The number of benzene rings is 2. The van der Waals surface area contributed by atoms with Crippen molar-refractivity contribution in [1.29, 1.82) is 0 Å². The van der Waals surface area contributed by atoms with Gasteiger partial charge in [0.05, 0.1) is 16.2 Å². The van der Waals surface area contributed by atoms with Crippen molar-refractivity contribution in [3.8, 4) is 22.4 Å². The van der Waals surface area contributed by atoms with Gasteiger partial charge in [0.15, 0.2) is 0 Å². The number of rotatable bonds is 5. The van der Waals surface area contributed by atoms with E-state index in [0.29, 0.717) is 17.1 Å². The van der Waals surface area contributed by atoms with Crippen molar-refractivity contribution in [1.82, 2.24) is 15.0 Å². The van der Waals surface area contributed by atoms with E-state index in [1.165, 1.54) is 6.07 Å². The smallest absolute Gasteiger partial charge is 0.238 e. The molecule has 0 radical (unpaired) electrons. The van der Waals surface area contributed by atoms with Gasteiger partial charge in [-0.3, -0.25) is 0 Å². The molecule has 1 fully saturated rings. The van der Waals surface area contributed by atoms with Gasteiger partial charge in [-0.05, 0) is 36.8 Å². The third kappa shape index (κ3) is 4.87. The highest BCUT2D eigenvalue weighted by Gasteiger charge is 2.25. The summed E-state index contributed by atoms with van der Waals surface area (Å²) in [7, 11) is -3.85. The normalized spacial score (nSPS) is 14.2. The number of primary sulfonamides is 1. The van der Waals surface area contributed by atoms with Crippen LogP contribution >= 0.6 is 0 Å². The van der Waals surface area contributed by atoms with Crippen molar-refractivity contribution in [3.05, 3.63) is 84.8 Å². The lowest BCUT2D eigenvalue weighted by Crippen LogP contribution is -2.47. The quantitative estimate of drug-likeness (QED) is 0.460. The monoisotopic (exact) mass is 486 g/mol. The fourth-order valence-electron chi connectivity index (χ4n) is 4.37. The van der Waals surface area contributed by atoms with Crippen molar-refractivity contribution in [2.24, 2.45) is 5.14 Å². The summed E-state index contributed by atoms with van der Waals surface area (Å²) in [5.74, 6) is 2.41. The largest absolute Gasteiger partial charge is 0.353 e. The van der Waals surface area contributed by atoms with E-state index in [-0.39, 0.29) is 4.90 Å². The van der Waals surface area contributed by atoms with Gasteiger partial charge in [-0.1, -0.05) is 48.5 Å². The molecule has 1 saturated heterocycles. The number of hydrogen-bond donors (Lipinski definition) is 1. The summed E-state index contributed by atoms with van der Waals surface area (Å²) < 4.78 is 24.1. The maximum Gasteiger partial charge on any atom is 0.238 e. The fourth-order valence-corrected chi connectivity index (χ4v) is 4.93. The minimum Gasteiger partial charge on any atom is -0.353 e. The highest BCUT2D eigenvalue weighted by atomic mass is 32.2. The number of sulfonamides is 1. The Kier molecular flexibility index (Phi) is 6.19. The molecular formula is C26H26N6O2S. The van der Waals surface area contributed by atoms with Crippen LogP contribution in [0.1, 0.15) is 5.82 Å². The molecule has 8 nitrogen and oxygen atoms in total. The standard InChI is InChI=1S/C26H26N6O2S/c1-19-29-25(21-10-7-11-22(18-21)35(27,33)34)24(20-8-3-2-4-9-20)26(30-19)32-16-14-31(15-17-32)23-12-5-6-13-28-23/h2-13,18H,14-17H2,1H3,(H2,27,33,34). The Hall–Kier alpha value is -3.82. The highest BCUT2D eigenvalue weighted by molar-refractivity contribution is 7.89. The zero-order chi connectivity index (χ0) is 24.4. The summed E-state index contributed by atoms with van der Waals surface area (Å²) in [4.78, 5) is 18.7. The second kappa shape index (κ2) is 9.44. The number of aromatic nitrogens is 3. The van der Waals surface area contributed by atoms with E-state index in [9.17, 15) is 8.42 Å². The minimum atomic E-state index is -3.85. The van der Waals surface area contributed by atoms with Crippen molar-refractivity contribution in [2.75, 3.05) is 36.0 Å². The van der Waals surface area contributed by atoms with Crippen LogP contribution in [0.15, 0.2) is 83.9 Å². The zero-order valence-corrected chi connectivity index (χ0v) is 20.2. The van der Waals surface area contributed by atoms with Crippen LogP contribution in [0.4, 0.5) is 11.6 Å². The van der Waals surface area contributed by atoms with E-state index in [2.05, 4.69) is 14.8 Å². The van der Waals surface area contributed by atoms with Crippen LogP contribution in [0, 0.1) is 6.92 Å². The molecule has 0 atom stereocenters. The average molecular weight is 487 g/mol. The highest BCUT2D eigenvalue weighted by Crippen LogP contribution is 2.38. The SMILES string of the molecule is Cc1nc(-c2cccc(S(N)(=O)=O)c2)c(-c2ccccc2)c(N2CCN(c3ccccn3)CC2)n1. The molecular weight excluding hydrogens is 460 g/mol. The summed E-state index contributed by atoms with van der Waals surface area (Å²) in [6.45, 7) is 5.01. The summed E-state index contributed by atoms with van der Waals surface area (Å²) in [6, 6.07) is 22.5. The Balaban J connectivity index is 1.60. The molecule has 2 aromatic carbocycles. The molecule has 9 heteroatoms. The maximum absolute atomic E-state index is 12.0. The van der Waals surface area contributed by atoms with Gasteiger partial charge in [0, 0.05) is 37.9 Å². The predicted molar refractivity (Wildman–Crippen MR) is 138 cm³/mol. The zero-order valence-electron chi connectivity index (χ0n) is 19.4. The number of piperazine rings is 1. The van der Waals surface area contributed by atoms with Crippen LogP contribution in [0.2, 0.25) is 0 Å². The van der Waals surface area contributed by atoms with Gasteiger partial charge in [-0.2, -0.15) is 0 Å². The third-order valence-electron chi connectivity index (χ3n) is 6.05. The molecule has 1 aliphatic rings. The topological polar surface area (TPSA) is 105 Å². The maximum atomic E-state index is 12.0. The van der Waals surface area contributed by atoms with Crippen LogP contribution in [-0.4, -0.2) is 49.5 Å². The van der Waals surface area contributed by atoms with Crippen LogP contribution in [0.25, 0.3) is 22.4 Å². The molecule has 0 saturated carbocycles. The number of hydrogen-bond acceptors (Lipinski definition) is 7. The summed E-state index contributed by atoms with van der Waals surface area (Å²) in [6.07, 6.45) is 1.81. The van der Waals surface area contributed by atoms with Crippen molar-refractivity contribution >= 4 is 21.7 Å². The molecule has 4 aromatic rings. The molecule has 178 valence electrons. The van der Waals surface area contributed by atoms with Gasteiger partial charge >= 0.3 is 0 Å². The molecule has 3 heterocycles. The van der Waals surface area contributed by atoms with Gasteiger partial charge in [0.1, 0.15) is 17.5 Å². The van der Waals surface area contributed by atoms with Crippen LogP contribution in [-0.2, 0) is 10.0 Å². The van der Waals surface area contributed by atoms with E-state index in [4.69, 9.17) is 15.1 Å². The number of anilines is 2. The van der Waals surface area contributed by atoms with Crippen molar-refractivity contribution < 1.29 is 8.42 Å². The van der Waals surface area contributed by atoms with Gasteiger partial charge in [0.2, 0.25) is 10.0 Å². The summed E-state index contributed by atoms with van der Waals surface area (Å²) in [5.41, 5.74) is 3.19. The first-order valence-corrected chi connectivity index (χ1v) is 12.9. The molecule has 5 rings (SSSR count). The number of nitrogens with two attached hydrogens (primary N) is 1. The Morgan fingerprint density at radius 3 is 2.17 bits per heavy atom. The number of aryl methyl sites for hydroxylation is 1. The first-order chi connectivity index (χ1) is 16.9. The van der Waals surface area contributed by atoms with Crippen molar-refractivity contribution in [2.45, 2.75) is 11.8 Å². The predicted octanol–water partition coefficient (Wildman–Crippen LogP) is 3.49. The van der Waals surface area contributed by atoms with E-state index < -0.39 is 10.0 Å². The van der Waals surface area contributed by atoms with Gasteiger partial charge in [0.25, 0.3) is 0 Å². The lowest BCUT2D eigenvalue weighted by Gasteiger charge is -2.37. The van der Waals surface area contributed by atoms with Crippen LogP contribution in [0.3, 0.4) is 0 Å². The Morgan fingerprint density at radius 2 is 1.49 bits per heavy atom. The Bertz CT molecular complexity index is 1440. The third-order valence-corrected chi connectivity index (χ3v) is 6.96. The summed E-state index contributed by atoms with van der Waals surface area (Å²) in [5, 5.41) is 5.41. The van der Waals surface area contributed by atoms with Crippen molar-refractivity contribution in [3.63, 3.8) is 0 Å². The second-order valence-corrected chi connectivity index (χ2v) is 9.98. The second-order valence-electron chi connectivity index (χ2n) is 8.42. The number of nitrogens with zero attached hydrogens (tertiary/aromatic N) is 5. The number of pyridine rings is 1.